The van der Waals surface area contributed by atoms with Crippen molar-refractivity contribution in [3.05, 3.63) is 68.5 Å². The monoisotopic (exact) mass is 428 g/mol. The Balaban J connectivity index is 0.00000218. The maximum Gasteiger partial charge on any atom is 0.328 e. The van der Waals surface area contributed by atoms with Crippen LogP contribution in [-0.4, -0.2) is 34.2 Å². The van der Waals surface area contributed by atoms with Crippen LogP contribution in [0.4, 0.5) is 0 Å². The number of halogens is 1. The second kappa shape index (κ2) is 8.24. The molecule has 2 aromatic heterocycles. The van der Waals surface area contributed by atoms with Crippen LogP contribution in [-0.2, 0) is 13.0 Å². The van der Waals surface area contributed by atoms with E-state index in [1.54, 1.807) is 25.4 Å². The molecule has 0 spiro atoms. The molecule has 30 heavy (non-hydrogen) atoms. The van der Waals surface area contributed by atoms with Gasteiger partial charge < -0.3 is 15.0 Å². The summed E-state index contributed by atoms with van der Waals surface area (Å²) in [6.07, 6.45) is 4.44. The summed E-state index contributed by atoms with van der Waals surface area (Å²) in [4.78, 5) is 32.1. The normalized spacial score (nSPS) is 22.2. The number of hydrogen-bond acceptors (Lipinski definition) is 5. The SMILES string of the molecule is COc1cccc2c1CCC1CNC(CCn3c(=O)[nH]c4cccnc4c3=O)C21.Cl. The maximum atomic E-state index is 12.8. The molecule has 3 aromatic rings. The van der Waals surface area contributed by atoms with Gasteiger partial charge in [0.15, 0.2) is 5.52 Å². The van der Waals surface area contributed by atoms with Gasteiger partial charge in [-0.2, -0.15) is 0 Å². The molecule has 2 N–H and O–H groups in total. The predicted molar refractivity (Wildman–Crippen MR) is 118 cm³/mol. The van der Waals surface area contributed by atoms with Crippen LogP contribution < -0.4 is 21.3 Å². The molecule has 7 nitrogen and oxygen atoms in total. The van der Waals surface area contributed by atoms with Crippen molar-refractivity contribution in [1.29, 1.82) is 0 Å². The molecule has 2 aliphatic rings. The van der Waals surface area contributed by atoms with Crippen LogP contribution in [0.5, 0.6) is 5.75 Å². The minimum atomic E-state index is -0.379. The molecule has 0 bridgehead atoms. The van der Waals surface area contributed by atoms with Gasteiger partial charge in [0.05, 0.1) is 12.6 Å². The van der Waals surface area contributed by atoms with E-state index in [4.69, 9.17) is 4.74 Å². The highest BCUT2D eigenvalue weighted by Gasteiger charge is 2.40. The third-order valence-corrected chi connectivity index (χ3v) is 6.50. The van der Waals surface area contributed by atoms with Gasteiger partial charge in [0, 0.05) is 24.7 Å². The lowest BCUT2D eigenvalue weighted by Crippen LogP contribution is -2.38. The third-order valence-electron chi connectivity index (χ3n) is 6.50. The van der Waals surface area contributed by atoms with Crippen LogP contribution in [0.2, 0.25) is 0 Å². The van der Waals surface area contributed by atoms with Gasteiger partial charge in [-0.25, -0.2) is 9.78 Å². The van der Waals surface area contributed by atoms with Crippen LogP contribution >= 0.6 is 12.4 Å². The summed E-state index contributed by atoms with van der Waals surface area (Å²) >= 11 is 0. The van der Waals surface area contributed by atoms with Crippen molar-refractivity contribution in [3.8, 4) is 5.75 Å². The molecule has 5 rings (SSSR count). The molecule has 158 valence electrons. The lowest BCUT2D eigenvalue weighted by atomic mass is 9.73. The van der Waals surface area contributed by atoms with Gasteiger partial charge in [0.2, 0.25) is 0 Å². The standard InChI is InChI=1S/C22H24N4O3.ClH/c1-29-18-6-2-4-15-14(18)8-7-13-12-24-16(19(13)15)9-11-26-21(27)20-17(25-22(26)28)5-3-10-23-20;/h2-6,10,13,16,19,24H,7-9,11-12H2,1H3,(H,25,28);1H. The number of nitrogens with zero attached hydrogens (tertiary/aromatic N) is 2. The van der Waals surface area contributed by atoms with E-state index >= 15 is 0 Å². The van der Waals surface area contributed by atoms with Crippen LogP contribution in [0.3, 0.4) is 0 Å². The van der Waals surface area contributed by atoms with E-state index in [2.05, 4.69) is 27.4 Å². The Morgan fingerprint density at radius 3 is 2.93 bits per heavy atom. The Morgan fingerprint density at radius 1 is 1.23 bits per heavy atom. The van der Waals surface area contributed by atoms with E-state index in [0.29, 0.717) is 35.8 Å². The molecule has 3 atom stereocenters. The second-order valence-corrected chi connectivity index (χ2v) is 7.94. The summed E-state index contributed by atoms with van der Waals surface area (Å²) in [6.45, 7) is 1.33. The number of aromatic amines is 1. The van der Waals surface area contributed by atoms with Crippen LogP contribution in [0.15, 0.2) is 46.1 Å². The van der Waals surface area contributed by atoms with E-state index in [1.165, 1.54) is 15.7 Å². The maximum absolute atomic E-state index is 12.8. The van der Waals surface area contributed by atoms with Gasteiger partial charge in [-0.1, -0.05) is 12.1 Å². The quantitative estimate of drug-likeness (QED) is 0.665. The predicted octanol–water partition coefficient (Wildman–Crippen LogP) is 2.22. The van der Waals surface area contributed by atoms with E-state index in [1.807, 2.05) is 6.07 Å². The van der Waals surface area contributed by atoms with E-state index < -0.39 is 0 Å². The first-order valence-corrected chi connectivity index (χ1v) is 10.1. The summed E-state index contributed by atoms with van der Waals surface area (Å²) < 4.78 is 6.86. The smallest absolute Gasteiger partial charge is 0.328 e. The Hall–Kier alpha value is -2.64. The average Bonchev–Trinajstić information content (AvgIpc) is 3.16. The number of ether oxygens (including phenoxy) is 1. The minimum absolute atomic E-state index is 0. The summed E-state index contributed by atoms with van der Waals surface area (Å²) in [5.41, 5.74) is 2.72. The van der Waals surface area contributed by atoms with Crippen LogP contribution in [0, 0.1) is 5.92 Å². The first-order valence-electron chi connectivity index (χ1n) is 10.1. The lowest BCUT2D eigenvalue weighted by molar-refractivity contribution is 0.371. The van der Waals surface area contributed by atoms with Gasteiger partial charge in [-0.05, 0) is 61.1 Å². The second-order valence-electron chi connectivity index (χ2n) is 7.94. The summed E-state index contributed by atoms with van der Waals surface area (Å²) in [5, 5.41) is 3.64. The molecule has 1 fully saturated rings. The van der Waals surface area contributed by atoms with E-state index in [0.717, 1.165) is 25.1 Å². The molecule has 3 heterocycles. The zero-order valence-corrected chi connectivity index (χ0v) is 17.6. The van der Waals surface area contributed by atoms with Crippen molar-refractivity contribution in [1.82, 2.24) is 19.9 Å². The van der Waals surface area contributed by atoms with Crippen molar-refractivity contribution in [2.45, 2.75) is 37.8 Å². The molecule has 1 saturated heterocycles. The van der Waals surface area contributed by atoms with Crippen molar-refractivity contribution < 1.29 is 4.74 Å². The zero-order valence-electron chi connectivity index (χ0n) is 16.8. The molecule has 0 saturated carbocycles. The molecule has 8 heteroatoms. The fraction of sp³-hybridized carbons (Fsp3) is 0.409. The fourth-order valence-corrected chi connectivity index (χ4v) is 5.15. The number of hydrogen-bond donors (Lipinski definition) is 2. The Kier molecular flexibility index (Phi) is 5.66. The number of benzene rings is 1. The number of rotatable bonds is 4. The lowest BCUT2D eigenvalue weighted by Gasteiger charge is -2.32. The Labute approximate surface area is 179 Å². The van der Waals surface area contributed by atoms with E-state index in [9.17, 15) is 9.59 Å². The molecule has 3 unspecified atom stereocenters. The van der Waals surface area contributed by atoms with Crippen molar-refractivity contribution in [2.24, 2.45) is 5.92 Å². The van der Waals surface area contributed by atoms with Gasteiger partial charge in [-0.3, -0.25) is 9.36 Å². The topological polar surface area (TPSA) is 89.0 Å². The van der Waals surface area contributed by atoms with Gasteiger partial charge >= 0.3 is 5.69 Å². The van der Waals surface area contributed by atoms with Crippen LogP contribution in [0.25, 0.3) is 11.0 Å². The highest BCUT2D eigenvalue weighted by Crippen LogP contribution is 2.45. The van der Waals surface area contributed by atoms with Gasteiger partial charge in [-0.15, -0.1) is 12.4 Å². The molecule has 0 radical (unpaired) electrons. The highest BCUT2D eigenvalue weighted by atomic mass is 35.5. The molecule has 1 aliphatic carbocycles. The van der Waals surface area contributed by atoms with Crippen molar-refractivity contribution >= 4 is 23.4 Å². The number of pyridine rings is 1. The van der Waals surface area contributed by atoms with Crippen molar-refractivity contribution in [2.75, 3.05) is 13.7 Å². The third kappa shape index (κ3) is 3.32. The first kappa shape index (κ1) is 20.6. The Bertz CT molecular complexity index is 1190. The largest absolute Gasteiger partial charge is 0.496 e. The Morgan fingerprint density at radius 2 is 2.10 bits per heavy atom. The molecular weight excluding hydrogens is 404 g/mol. The van der Waals surface area contributed by atoms with Crippen LogP contribution in [0.1, 0.15) is 29.9 Å². The fourth-order valence-electron chi connectivity index (χ4n) is 5.15. The van der Waals surface area contributed by atoms with Crippen molar-refractivity contribution in [3.63, 3.8) is 0 Å². The van der Waals surface area contributed by atoms with Gasteiger partial charge in [0.25, 0.3) is 5.56 Å². The van der Waals surface area contributed by atoms with E-state index in [-0.39, 0.29) is 29.7 Å². The summed E-state index contributed by atoms with van der Waals surface area (Å²) in [7, 11) is 1.72. The molecular formula is C22H25ClN4O3. The summed E-state index contributed by atoms with van der Waals surface area (Å²) in [6, 6.07) is 9.91. The number of H-pyrrole nitrogens is 1. The average molecular weight is 429 g/mol. The number of methoxy groups -OCH3 is 1. The minimum Gasteiger partial charge on any atom is -0.496 e. The molecule has 1 aliphatic heterocycles. The number of nitrogens with one attached hydrogen (secondary N) is 2. The number of fused-ring (bicyclic) bond motifs is 4. The van der Waals surface area contributed by atoms with Gasteiger partial charge in [0.1, 0.15) is 5.75 Å². The zero-order chi connectivity index (χ0) is 20.0. The number of aromatic nitrogens is 3. The highest BCUT2D eigenvalue weighted by molar-refractivity contribution is 5.85. The summed E-state index contributed by atoms with van der Waals surface area (Å²) in [5.74, 6) is 1.91. The first-order chi connectivity index (χ1) is 14.2. The molecule has 0 amide bonds. The molecule has 1 aromatic carbocycles.